The topological polar surface area (TPSA) is 125 Å². The molecule has 7 rings (SSSR count). The number of aromatic nitrogens is 3. The summed E-state index contributed by atoms with van der Waals surface area (Å²) in [4.78, 5) is 20.5. The molecule has 2 atom stereocenters. The van der Waals surface area contributed by atoms with Gasteiger partial charge in [-0.2, -0.15) is 4.98 Å². The van der Waals surface area contributed by atoms with E-state index in [9.17, 15) is 4.79 Å². The van der Waals surface area contributed by atoms with Crippen molar-refractivity contribution in [3.05, 3.63) is 58.3 Å². The third kappa shape index (κ3) is 3.65. The number of nitrogens with two attached hydrogens (primary N) is 1. The molecular formula is C26H33N7O. The molecule has 4 aliphatic rings. The number of H-pyrrole nitrogens is 1. The summed E-state index contributed by atoms with van der Waals surface area (Å²) in [5, 5.41) is 15.4. The van der Waals surface area contributed by atoms with E-state index < -0.39 is 0 Å². The van der Waals surface area contributed by atoms with E-state index in [1.165, 1.54) is 24.1 Å². The minimum Gasteiger partial charge on any atom is -0.374 e. The molecule has 4 fully saturated rings. The van der Waals surface area contributed by atoms with E-state index in [-0.39, 0.29) is 16.6 Å². The van der Waals surface area contributed by atoms with Crippen LogP contribution in [0.2, 0.25) is 0 Å². The van der Waals surface area contributed by atoms with Gasteiger partial charge in [0.15, 0.2) is 0 Å². The molecule has 3 aromatic rings. The Morgan fingerprint density at radius 2 is 2.03 bits per heavy atom. The average molecular weight is 460 g/mol. The molecule has 0 radical (unpaired) electrons. The number of nitrogens with zero attached hydrogens (tertiary/aromatic N) is 2. The average Bonchev–Trinajstić information content (AvgIpc) is 3.18. The molecule has 8 heteroatoms. The van der Waals surface area contributed by atoms with Gasteiger partial charge in [0.2, 0.25) is 0 Å². The number of piperidine rings is 1. The van der Waals surface area contributed by atoms with Crippen LogP contribution >= 0.6 is 0 Å². The minimum absolute atomic E-state index is 0.0414. The van der Waals surface area contributed by atoms with Gasteiger partial charge in [0.1, 0.15) is 5.65 Å². The lowest BCUT2D eigenvalue weighted by molar-refractivity contribution is -0.0615. The first kappa shape index (κ1) is 21.6. The van der Waals surface area contributed by atoms with Crippen molar-refractivity contribution in [1.29, 1.82) is 5.41 Å². The van der Waals surface area contributed by atoms with Crippen molar-refractivity contribution in [2.75, 3.05) is 6.54 Å². The number of benzene rings is 1. The van der Waals surface area contributed by atoms with Gasteiger partial charge in [-0.15, -0.1) is 0 Å². The SMILES string of the molecule is CC(=N)NCC[C@@H]1CCCC(c2ccc(-n3cc4cc(C56CC(N)(C5)C6)[nH]c4nc3=O)cc2)N1. The predicted molar refractivity (Wildman–Crippen MR) is 134 cm³/mol. The normalized spacial score (nSPS) is 29.9. The Morgan fingerprint density at radius 1 is 1.26 bits per heavy atom. The van der Waals surface area contributed by atoms with Crippen LogP contribution in [0.1, 0.15) is 69.2 Å². The highest BCUT2D eigenvalue weighted by molar-refractivity contribution is 5.77. The Kier molecular flexibility index (Phi) is 4.93. The lowest BCUT2D eigenvalue weighted by Crippen LogP contribution is -2.74. The van der Waals surface area contributed by atoms with Gasteiger partial charge in [-0.25, -0.2) is 4.79 Å². The van der Waals surface area contributed by atoms with Crippen molar-refractivity contribution >= 4 is 16.9 Å². The van der Waals surface area contributed by atoms with Gasteiger partial charge in [0, 0.05) is 46.9 Å². The lowest BCUT2D eigenvalue weighted by Gasteiger charge is -2.68. The summed E-state index contributed by atoms with van der Waals surface area (Å²) in [6.07, 6.45) is 9.44. The van der Waals surface area contributed by atoms with Gasteiger partial charge < -0.3 is 21.4 Å². The summed E-state index contributed by atoms with van der Waals surface area (Å²) in [5.74, 6) is 0.519. The number of rotatable bonds is 6. The van der Waals surface area contributed by atoms with Crippen molar-refractivity contribution < 1.29 is 0 Å². The molecule has 2 aromatic heterocycles. The van der Waals surface area contributed by atoms with Crippen molar-refractivity contribution in [1.82, 2.24) is 25.2 Å². The summed E-state index contributed by atoms with van der Waals surface area (Å²) in [6.45, 7) is 2.60. The molecule has 3 saturated carbocycles. The number of hydrogen-bond donors (Lipinski definition) is 5. The van der Waals surface area contributed by atoms with Crippen LogP contribution < -0.4 is 22.1 Å². The molecule has 1 unspecified atom stereocenters. The van der Waals surface area contributed by atoms with Crippen LogP contribution in [-0.4, -0.2) is 38.5 Å². The van der Waals surface area contributed by atoms with Gasteiger partial charge in [-0.3, -0.25) is 9.98 Å². The standard InChI is InChI=1S/C26H33N7O/c1-16(27)29-10-9-19-3-2-4-21(30-19)17-5-7-20(8-6-17)33-12-18-11-22(31-23(18)32-24(33)34)25-13-26(28,14-25)15-25/h5-8,11-12,19,21,30H,2-4,9-10,13-15,28H2,1H3,(H2,27,29)(H,31,32,34)/t19-,21?,25?,26?/m0/s1. The molecule has 178 valence electrons. The fourth-order valence-electron chi connectivity index (χ4n) is 6.43. The molecule has 1 aliphatic heterocycles. The predicted octanol–water partition coefficient (Wildman–Crippen LogP) is 3.01. The van der Waals surface area contributed by atoms with Crippen molar-refractivity contribution in [2.45, 2.75) is 74.9 Å². The maximum Gasteiger partial charge on any atom is 0.354 e. The zero-order valence-electron chi connectivity index (χ0n) is 19.7. The van der Waals surface area contributed by atoms with E-state index >= 15 is 0 Å². The molecule has 1 saturated heterocycles. The molecule has 0 amide bonds. The minimum atomic E-state index is -0.272. The maximum absolute atomic E-state index is 12.8. The molecule has 0 spiro atoms. The molecule has 34 heavy (non-hydrogen) atoms. The van der Waals surface area contributed by atoms with Crippen LogP contribution in [-0.2, 0) is 5.41 Å². The molecule has 3 aliphatic carbocycles. The first-order valence-corrected chi connectivity index (χ1v) is 12.4. The van der Waals surface area contributed by atoms with Gasteiger partial charge in [-0.1, -0.05) is 18.6 Å². The van der Waals surface area contributed by atoms with E-state index in [4.69, 9.17) is 11.1 Å². The second kappa shape index (κ2) is 7.78. The summed E-state index contributed by atoms with van der Waals surface area (Å²) < 4.78 is 1.64. The van der Waals surface area contributed by atoms with Crippen molar-refractivity contribution in [3.63, 3.8) is 0 Å². The van der Waals surface area contributed by atoms with Crippen LogP contribution in [0.15, 0.2) is 41.3 Å². The second-order valence-electron chi connectivity index (χ2n) is 10.8. The highest BCUT2D eigenvalue weighted by Crippen LogP contribution is 2.66. The number of hydrogen-bond acceptors (Lipinski definition) is 5. The van der Waals surface area contributed by atoms with E-state index in [1.807, 2.05) is 18.3 Å². The van der Waals surface area contributed by atoms with Gasteiger partial charge in [0.25, 0.3) is 0 Å². The van der Waals surface area contributed by atoms with Gasteiger partial charge >= 0.3 is 5.69 Å². The van der Waals surface area contributed by atoms with Crippen LogP contribution in [0.3, 0.4) is 0 Å². The lowest BCUT2D eigenvalue weighted by atomic mass is 9.39. The summed E-state index contributed by atoms with van der Waals surface area (Å²) >= 11 is 0. The first-order valence-electron chi connectivity index (χ1n) is 12.4. The van der Waals surface area contributed by atoms with Gasteiger partial charge in [0.05, 0.1) is 11.5 Å². The molecule has 3 heterocycles. The highest BCUT2D eigenvalue weighted by Gasteiger charge is 2.67. The number of amidine groups is 1. The Balaban J connectivity index is 1.18. The summed E-state index contributed by atoms with van der Waals surface area (Å²) in [7, 11) is 0. The van der Waals surface area contributed by atoms with Crippen molar-refractivity contribution in [3.8, 4) is 5.69 Å². The highest BCUT2D eigenvalue weighted by atomic mass is 16.1. The van der Waals surface area contributed by atoms with Gasteiger partial charge in [-0.05, 0) is 69.2 Å². The van der Waals surface area contributed by atoms with Crippen LogP contribution in [0, 0.1) is 5.41 Å². The molecule has 6 N–H and O–H groups in total. The van der Waals surface area contributed by atoms with Crippen molar-refractivity contribution in [2.24, 2.45) is 5.73 Å². The first-order chi connectivity index (χ1) is 16.3. The Bertz CT molecular complexity index is 1290. The van der Waals surface area contributed by atoms with E-state index in [2.05, 4.69) is 38.8 Å². The zero-order chi connectivity index (χ0) is 23.5. The fraction of sp³-hybridized carbons (Fsp3) is 0.500. The molecule has 1 aromatic carbocycles. The van der Waals surface area contributed by atoms with Crippen LogP contribution in [0.4, 0.5) is 0 Å². The number of nitrogens with one attached hydrogen (secondary N) is 4. The second-order valence-corrected chi connectivity index (χ2v) is 10.8. The monoisotopic (exact) mass is 459 g/mol. The van der Waals surface area contributed by atoms with Crippen LogP contribution in [0.25, 0.3) is 16.7 Å². The summed E-state index contributed by atoms with van der Waals surface area (Å²) in [6, 6.07) is 11.2. The largest absolute Gasteiger partial charge is 0.374 e. The Labute approximate surface area is 198 Å². The molecule has 2 bridgehead atoms. The Hall–Kier alpha value is -2.97. The Morgan fingerprint density at radius 3 is 2.74 bits per heavy atom. The molecule has 8 nitrogen and oxygen atoms in total. The van der Waals surface area contributed by atoms with E-state index in [0.29, 0.717) is 23.6 Å². The quantitative estimate of drug-likeness (QED) is 0.286. The van der Waals surface area contributed by atoms with E-state index in [0.717, 1.165) is 49.7 Å². The third-order valence-corrected chi connectivity index (χ3v) is 8.09. The number of aromatic amines is 1. The third-order valence-electron chi connectivity index (χ3n) is 8.09. The van der Waals surface area contributed by atoms with Crippen LogP contribution in [0.5, 0.6) is 0 Å². The number of fused-ring (bicyclic) bond motifs is 1. The van der Waals surface area contributed by atoms with E-state index in [1.54, 1.807) is 11.5 Å². The molecular weight excluding hydrogens is 426 g/mol. The zero-order valence-corrected chi connectivity index (χ0v) is 19.7. The fourth-order valence-corrected chi connectivity index (χ4v) is 6.43. The maximum atomic E-state index is 12.8. The smallest absolute Gasteiger partial charge is 0.354 e. The summed E-state index contributed by atoms with van der Waals surface area (Å²) in [5.41, 5.74) is 10.1.